The minimum atomic E-state index is 0.240. The Hall–Kier alpha value is -0.120. The summed E-state index contributed by atoms with van der Waals surface area (Å²) in [7, 11) is 0. The highest BCUT2D eigenvalue weighted by atomic mass is 16.5. The maximum atomic E-state index is 5.90. The maximum Gasteiger partial charge on any atom is 0.0728 e. The van der Waals surface area contributed by atoms with Crippen molar-refractivity contribution in [2.24, 2.45) is 11.8 Å². The lowest BCUT2D eigenvalue weighted by Crippen LogP contribution is -2.67. The van der Waals surface area contributed by atoms with Crippen molar-refractivity contribution in [2.45, 2.75) is 70.7 Å². The van der Waals surface area contributed by atoms with Gasteiger partial charge < -0.3 is 10.1 Å². The molecule has 0 radical (unpaired) electrons. The Morgan fingerprint density at radius 1 is 1.32 bits per heavy atom. The molecule has 2 saturated heterocycles. The molecule has 3 fully saturated rings. The first-order valence-corrected chi connectivity index (χ1v) is 8.14. The molecule has 0 amide bonds. The lowest BCUT2D eigenvalue weighted by atomic mass is 9.85. The summed E-state index contributed by atoms with van der Waals surface area (Å²) in [6, 6.07) is 1.38. The summed E-state index contributed by atoms with van der Waals surface area (Å²) >= 11 is 0. The number of ether oxygens (including phenoxy) is 1. The van der Waals surface area contributed by atoms with Crippen LogP contribution in [0.1, 0.15) is 47.0 Å². The molecule has 0 aromatic heterocycles. The fourth-order valence-corrected chi connectivity index (χ4v) is 3.99. The summed E-state index contributed by atoms with van der Waals surface area (Å²) < 4.78 is 5.90. The Kier molecular flexibility index (Phi) is 3.65. The van der Waals surface area contributed by atoms with Crippen LogP contribution in [0.4, 0.5) is 0 Å². The van der Waals surface area contributed by atoms with E-state index in [-0.39, 0.29) is 5.54 Å². The van der Waals surface area contributed by atoms with Gasteiger partial charge in [0, 0.05) is 37.3 Å². The van der Waals surface area contributed by atoms with Crippen LogP contribution in [0.25, 0.3) is 0 Å². The van der Waals surface area contributed by atoms with Crippen LogP contribution in [0.5, 0.6) is 0 Å². The first-order chi connectivity index (χ1) is 9.02. The van der Waals surface area contributed by atoms with Gasteiger partial charge in [0.15, 0.2) is 0 Å². The SMILES string of the molecule is CC(C)C1CNC(C2CC2)CN1C1(C)CCOC1C. The zero-order valence-corrected chi connectivity index (χ0v) is 13.0. The fourth-order valence-electron chi connectivity index (χ4n) is 3.99. The summed E-state index contributed by atoms with van der Waals surface area (Å²) in [4.78, 5) is 2.80. The van der Waals surface area contributed by atoms with Crippen molar-refractivity contribution < 1.29 is 4.74 Å². The molecule has 0 bridgehead atoms. The molecule has 0 aromatic rings. The second kappa shape index (κ2) is 5.01. The molecule has 3 rings (SSSR count). The third-order valence-electron chi connectivity index (χ3n) is 5.85. The zero-order chi connectivity index (χ0) is 13.6. The molecule has 0 aromatic carbocycles. The van der Waals surface area contributed by atoms with Gasteiger partial charge in [-0.15, -0.1) is 0 Å². The molecule has 3 aliphatic rings. The second-order valence-corrected chi connectivity index (χ2v) is 7.44. The van der Waals surface area contributed by atoms with Crippen LogP contribution < -0.4 is 5.32 Å². The minimum Gasteiger partial charge on any atom is -0.377 e. The second-order valence-electron chi connectivity index (χ2n) is 7.44. The van der Waals surface area contributed by atoms with Gasteiger partial charge in [-0.2, -0.15) is 0 Å². The fraction of sp³-hybridized carbons (Fsp3) is 1.00. The van der Waals surface area contributed by atoms with Crippen molar-refractivity contribution in [3.05, 3.63) is 0 Å². The molecule has 2 aliphatic heterocycles. The van der Waals surface area contributed by atoms with Crippen molar-refractivity contribution in [1.29, 1.82) is 0 Å². The molecule has 3 nitrogen and oxygen atoms in total. The smallest absolute Gasteiger partial charge is 0.0728 e. The predicted molar refractivity (Wildman–Crippen MR) is 78.3 cm³/mol. The molecule has 1 saturated carbocycles. The van der Waals surface area contributed by atoms with E-state index in [1.165, 1.54) is 25.8 Å². The molecular formula is C16H30N2O. The predicted octanol–water partition coefficient (Wildman–Crippen LogP) is 2.26. The first kappa shape index (κ1) is 13.8. The van der Waals surface area contributed by atoms with E-state index in [2.05, 4.69) is 37.9 Å². The van der Waals surface area contributed by atoms with Gasteiger partial charge in [-0.1, -0.05) is 13.8 Å². The molecule has 0 spiro atoms. The summed E-state index contributed by atoms with van der Waals surface area (Å²) in [6.07, 6.45) is 4.42. The number of hydrogen-bond donors (Lipinski definition) is 1. The van der Waals surface area contributed by atoms with Gasteiger partial charge in [0.1, 0.15) is 0 Å². The standard InChI is InChI=1S/C16H30N2O/c1-11(2)15-9-17-14(13-5-6-13)10-18(15)16(4)7-8-19-12(16)3/h11-15,17H,5-10H2,1-4H3. The van der Waals surface area contributed by atoms with E-state index < -0.39 is 0 Å². The van der Waals surface area contributed by atoms with Crippen LogP contribution in [-0.2, 0) is 4.74 Å². The Bertz CT molecular complexity index is 329. The van der Waals surface area contributed by atoms with E-state index >= 15 is 0 Å². The van der Waals surface area contributed by atoms with Gasteiger partial charge in [0.25, 0.3) is 0 Å². The van der Waals surface area contributed by atoms with E-state index in [0.29, 0.717) is 18.1 Å². The highest BCUT2D eigenvalue weighted by molar-refractivity contribution is 5.04. The van der Waals surface area contributed by atoms with Crippen LogP contribution >= 0.6 is 0 Å². The largest absolute Gasteiger partial charge is 0.377 e. The van der Waals surface area contributed by atoms with Crippen LogP contribution in [0.2, 0.25) is 0 Å². The molecule has 1 aliphatic carbocycles. The van der Waals surface area contributed by atoms with Gasteiger partial charge in [-0.25, -0.2) is 0 Å². The van der Waals surface area contributed by atoms with E-state index in [4.69, 9.17) is 4.74 Å². The number of hydrogen-bond acceptors (Lipinski definition) is 3. The minimum absolute atomic E-state index is 0.240. The Balaban J connectivity index is 1.79. The summed E-state index contributed by atoms with van der Waals surface area (Å²) in [5.41, 5.74) is 0.240. The van der Waals surface area contributed by atoms with E-state index in [1.54, 1.807) is 0 Å². The molecule has 4 unspecified atom stereocenters. The average molecular weight is 266 g/mol. The monoisotopic (exact) mass is 266 g/mol. The summed E-state index contributed by atoms with van der Waals surface area (Å²) in [5.74, 6) is 1.65. The first-order valence-electron chi connectivity index (χ1n) is 8.14. The van der Waals surface area contributed by atoms with Crippen LogP contribution in [0.15, 0.2) is 0 Å². The normalized spacial score (nSPS) is 45.0. The molecule has 1 N–H and O–H groups in total. The molecule has 3 heteroatoms. The Labute approximate surface area is 118 Å². The lowest BCUT2D eigenvalue weighted by molar-refractivity contribution is -0.0393. The topological polar surface area (TPSA) is 24.5 Å². The van der Waals surface area contributed by atoms with Crippen molar-refractivity contribution in [2.75, 3.05) is 19.7 Å². The van der Waals surface area contributed by atoms with Crippen molar-refractivity contribution >= 4 is 0 Å². The van der Waals surface area contributed by atoms with Gasteiger partial charge in [0.05, 0.1) is 6.10 Å². The van der Waals surface area contributed by atoms with E-state index in [0.717, 1.165) is 25.1 Å². The molecule has 2 heterocycles. The van der Waals surface area contributed by atoms with Crippen molar-refractivity contribution in [1.82, 2.24) is 10.2 Å². The molecular weight excluding hydrogens is 236 g/mol. The van der Waals surface area contributed by atoms with Gasteiger partial charge in [-0.3, -0.25) is 4.90 Å². The molecule has 4 atom stereocenters. The highest BCUT2D eigenvalue weighted by Crippen LogP contribution is 2.40. The highest BCUT2D eigenvalue weighted by Gasteiger charge is 2.49. The van der Waals surface area contributed by atoms with E-state index in [9.17, 15) is 0 Å². The van der Waals surface area contributed by atoms with Crippen molar-refractivity contribution in [3.8, 4) is 0 Å². The third-order valence-corrected chi connectivity index (χ3v) is 5.85. The Morgan fingerprint density at radius 2 is 2.05 bits per heavy atom. The summed E-state index contributed by atoms with van der Waals surface area (Å²) in [5, 5.41) is 3.82. The molecule has 19 heavy (non-hydrogen) atoms. The van der Waals surface area contributed by atoms with Crippen LogP contribution in [0.3, 0.4) is 0 Å². The number of rotatable bonds is 3. The lowest BCUT2D eigenvalue weighted by Gasteiger charge is -2.51. The number of nitrogens with one attached hydrogen (secondary N) is 1. The number of nitrogens with zero attached hydrogens (tertiary/aromatic N) is 1. The Morgan fingerprint density at radius 3 is 2.58 bits per heavy atom. The number of piperazine rings is 1. The molecule has 110 valence electrons. The third kappa shape index (κ3) is 2.45. The van der Waals surface area contributed by atoms with Gasteiger partial charge in [0.2, 0.25) is 0 Å². The van der Waals surface area contributed by atoms with E-state index in [1.807, 2.05) is 0 Å². The van der Waals surface area contributed by atoms with Crippen LogP contribution in [0, 0.1) is 11.8 Å². The zero-order valence-electron chi connectivity index (χ0n) is 13.0. The van der Waals surface area contributed by atoms with Crippen molar-refractivity contribution in [3.63, 3.8) is 0 Å². The summed E-state index contributed by atoms with van der Waals surface area (Å²) in [6.45, 7) is 12.7. The average Bonchev–Trinajstić information content (AvgIpc) is 3.17. The van der Waals surface area contributed by atoms with Crippen LogP contribution in [-0.4, -0.2) is 48.3 Å². The van der Waals surface area contributed by atoms with Gasteiger partial charge >= 0.3 is 0 Å². The maximum absolute atomic E-state index is 5.90. The van der Waals surface area contributed by atoms with Gasteiger partial charge in [-0.05, 0) is 44.9 Å². The quantitative estimate of drug-likeness (QED) is 0.848.